The lowest BCUT2D eigenvalue weighted by molar-refractivity contribution is 0.245. The van der Waals surface area contributed by atoms with E-state index in [2.05, 4.69) is 25.6 Å². The number of aliphatic hydroxyl groups is 1. The van der Waals surface area contributed by atoms with Crippen molar-refractivity contribution in [2.45, 2.75) is 43.4 Å². The number of likely N-dealkylation sites (N-methyl/N-ethyl adjacent to an activating group) is 1. The third kappa shape index (κ3) is 3.62. The van der Waals surface area contributed by atoms with Crippen molar-refractivity contribution in [3.05, 3.63) is 16.5 Å². The van der Waals surface area contributed by atoms with Gasteiger partial charge in [0.1, 0.15) is 17.3 Å². The first-order valence-corrected chi connectivity index (χ1v) is 8.73. The van der Waals surface area contributed by atoms with Crippen LogP contribution in [0.1, 0.15) is 25.5 Å². The van der Waals surface area contributed by atoms with Crippen LogP contribution in [0, 0.1) is 0 Å². The predicted octanol–water partition coefficient (Wildman–Crippen LogP) is 1.30. The van der Waals surface area contributed by atoms with Crippen LogP contribution in [0.3, 0.4) is 0 Å². The topological polar surface area (TPSA) is 82.8 Å². The highest BCUT2D eigenvalue weighted by Crippen LogP contribution is 2.28. The average molecular weight is 367 g/mol. The van der Waals surface area contributed by atoms with Crippen LogP contribution < -0.4 is 4.72 Å². The summed E-state index contributed by atoms with van der Waals surface area (Å²) in [5.74, 6) is 0.209. The Kier molecular flexibility index (Phi) is 4.91. The van der Waals surface area contributed by atoms with Gasteiger partial charge in [0.2, 0.25) is 10.0 Å². The van der Waals surface area contributed by atoms with Crippen molar-refractivity contribution in [1.82, 2.24) is 9.62 Å². The summed E-state index contributed by atoms with van der Waals surface area (Å²) in [4.78, 5) is 2.20. The molecule has 1 aromatic rings. The van der Waals surface area contributed by atoms with Gasteiger partial charge in [0.25, 0.3) is 0 Å². The molecule has 6 nitrogen and oxygen atoms in total. The minimum Gasteiger partial charge on any atom is -0.450 e. The molecule has 1 atom stereocenters. The van der Waals surface area contributed by atoms with Crippen molar-refractivity contribution in [2.75, 3.05) is 13.6 Å². The van der Waals surface area contributed by atoms with Crippen LogP contribution in [-0.4, -0.2) is 44.1 Å². The molecule has 0 bridgehead atoms. The fraction of sp³-hybridized carbons (Fsp3) is 0.667. The second kappa shape index (κ2) is 6.15. The zero-order chi connectivity index (χ0) is 14.9. The number of nitrogens with one attached hydrogen (secondary N) is 1. The summed E-state index contributed by atoms with van der Waals surface area (Å²) in [5, 5.41) is 8.96. The van der Waals surface area contributed by atoms with Crippen LogP contribution in [0.15, 0.2) is 20.0 Å². The van der Waals surface area contributed by atoms with Crippen LogP contribution in [0.4, 0.5) is 0 Å². The molecule has 0 aliphatic heterocycles. The van der Waals surface area contributed by atoms with Gasteiger partial charge in [-0.15, -0.1) is 0 Å². The standard InChI is InChI=1S/C12H19BrN2O4S/c1-8(15(2)9-3-4-9)6-14-20(17,18)11-5-10(7-16)19-12(11)13/h5,8-9,14,16H,3-4,6-7H2,1-2H3. The Morgan fingerprint density at radius 3 is 2.75 bits per heavy atom. The molecule has 1 aromatic heterocycles. The van der Waals surface area contributed by atoms with Gasteiger partial charge >= 0.3 is 0 Å². The molecule has 1 saturated carbocycles. The van der Waals surface area contributed by atoms with Gasteiger partial charge < -0.3 is 9.52 Å². The van der Waals surface area contributed by atoms with Gasteiger partial charge in [0, 0.05) is 24.7 Å². The first-order valence-electron chi connectivity index (χ1n) is 6.46. The number of sulfonamides is 1. The summed E-state index contributed by atoms with van der Waals surface area (Å²) in [5.41, 5.74) is 0. The number of rotatable bonds is 7. The first kappa shape index (κ1) is 16.0. The molecule has 0 aromatic carbocycles. The second-order valence-electron chi connectivity index (χ2n) is 5.11. The monoisotopic (exact) mass is 366 g/mol. The van der Waals surface area contributed by atoms with Gasteiger partial charge in [-0.2, -0.15) is 0 Å². The number of hydrogen-bond donors (Lipinski definition) is 2. The zero-order valence-electron chi connectivity index (χ0n) is 11.5. The van der Waals surface area contributed by atoms with Crippen molar-refractivity contribution in [3.8, 4) is 0 Å². The summed E-state index contributed by atoms with van der Waals surface area (Å²) < 4.78 is 32.2. The van der Waals surface area contributed by atoms with Crippen molar-refractivity contribution in [1.29, 1.82) is 0 Å². The summed E-state index contributed by atoms with van der Waals surface area (Å²) >= 11 is 3.06. The number of hydrogen-bond acceptors (Lipinski definition) is 5. The van der Waals surface area contributed by atoms with Crippen LogP contribution in [0.2, 0.25) is 0 Å². The van der Waals surface area contributed by atoms with Crippen LogP contribution >= 0.6 is 15.9 Å². The molecule has 114 valence electrons. The van der Waals surface area contributed by atoms with Gasteiger partial charge in [-0.3, -0.25) is 4.90 Å². The highest BCUT2D eigenvalue weighted by molar-refractivity contribution is 9.10. The Labute approximate surface area is 127 Å². The molecule has 1 aliphatic rings. The Hall–Kier alpha value is -0.410. The summed E-state index contributed by atoms with van der Waals surface area (Å²) in [6.07, 6.45) is 2.36. The van der Waals surface area contributed by atoms with E-state index < -0.39 is 10.0 Å². The van der Waals surface area contributed by atoms with E-state index in [0.29, 0.717) is 12.6 Å². The van der Waals surface area contributed by atoms with E-state index in [1.54, 1.807) is 0 Å². The first-order chi connectivity index (χ1) is 9.35. The zero-order valence-corrected chi connectivity index (χ0v) is 13.9. The molecule has 0 amide bonds. The maximum absolute atomic E-state index is 12.2. The average Bonchev–Trinajstić information content (AvgIpc) is 3.17. The minimum absolute atomic E-state index is 0.0165. The molecule has 1 fully saturated rings. The predicted molar refractivity (Wildman–Crippen MR) is 77.8 cm³/mol. The molecule has 2 rings (SSSR count). The molecular weight excluding hydrogens is 348 g/mol. The Balaban J connectivity index is 2.01. The number of aliphatic hydroxyl groups excluding tert-OH is 1. The van der Waals surface area contributed by atoms with Gasteiger partial charge in [-0.25, -0.2) is 13.1 Å². The molecule has 0 radical (unpaired) electrons. The van der Waals surface area contributed by atoms with Gasteiger partial charge in [-0.1, -0.05) is 0 Å². The fourth-order valence-electron chi connectivity index (χ4n) is 1.95. The lowest BCUT2D eigenvalue weighted by Gasteiger charge is -2.24. The Morgan fingerprint density at radius 2 is 2.25 bits per heavy atom. The molecule has 20 heavy (non-hydrogen) atoms. The third-order valence-electron chi connectivity index (χ3n) is 3.54. The quantitative estimate of drug-likeness (QED) is 0.759. The van der Waals surface area contributed by atoms with Crippen LogP contribution in [0.5, 0.6) is 0 Å². The number of furan rings is 1. The molecule has 2 N–H and O–H groups in total. The molecular formula is C12H19BrN2O4S. The molecule has 1 aliphatic carbocycles. The van der Waals surface area contributed by atoms with Gasteiger partial charge in [0.15, 0.2) is 4.67 Å². The van der Waals surface area contributed by atoms with Crippen molar-refractivity contribution >= 4 is 26.0 Å². The number of nitrogens with zero attached hydrogens (tertiary/aromatic N) is 1. The van der Waals surface area contributed by atoms with E-state index in [1.807, 2.05) is 14.0 Å². The van der Waals surface area contributed by atoms with E-state index >= 15 is 0 Å². The largest absolute Gasteiger partial charge is 0.450 e. The highest BCUT2D eigenvalue weighted by atomic mass is 79.9. The Bertz CT molecular complexity index is 568. The van der Waals surface area contributed by atoms with Crippen molar-refractivity contribution in [2.24, 2.45) is 0 Å². The smallest absolute Gasteiger partial charge is 0.245 e. The van der Waals surface area contributed by atoms with Crippen LogP contribution in [-0.2, 0) is 16.6 Å². The minimum atomic E-state index is -3.64. The van der Waals surface area contributed by atoms with E-state index in [4.69, 9.17) is 9.52 Å². The molecule has 0 saturated heterocycles. The molecule has 1 heterocycles. The van der Waals surface area contributed by atoms with Crippen molar-refractivity contribution in [3.63, 3.8) is 0 Å². The summed E-state index contributed by atoms with van der Waals surface area (Å²) in [6.45, 7) is 1.99. The lowest BCUT2D eigenvalue weighted by Crippen LogP contribution is -2.41. The second-order valence-corrected chi connectivity index (χ2v) is 7.56. The Morgan fingerprint density at radius 1 is 1.60 bits per heavy atom. The van der Waals surface area contributed by atoms with E-state index in [9.17, 15) is 8.42 Å². The molecule has 8 heteroatoms. The van der Waals surface area contributed by atoms with E-state index in [0.717, 1.165) is 0 Å². The molecule has 0 spiro atoms. The maximum Gasteiger partial charge on any atom is 0.245 e. The normalized spacial score (nSPS) is 17.6. The van der Waals surface area contributed by atoms with Gasteiger partial charge in [0.05, 0.1) is 0 Å². The van der Waals surface area contributed by atoms with E-state index in [1.165, 1.54) is 18.9 Å². The third-order valence-corrected chi connectivity index (χ3v) is 5.82. The fourth-order valence-corrected chi connectivity index (χ4v) is 4.07. The van der Waals surface area contributed by atoms with E-state index in [-0.39, 0.29) is 28.0 Å². The lowest BCUT2D eigenvalue weighted by atomic mass is 10.3. The summed E-state index contributed by atoms with van der Waals surface area (Å²) in [6, 6.07) is 2.03. The van der Waals surface area contributed by atoms with Crippen molar-refractivity contribution < 1.29 is 17.9 Å². The van der Waals surface area contributed by atoms with Gasteiger partial charge in [-0.05, 0) is 42.7 Å². The maximum atomic E-state index is 12.2. The number of halogens is 1. The molecule has 1 unspecified atom stereocenters. The summed E-state index contributed by atoms with van der Waals surface area (Å²) in [7, 11) is -1.63. The highest BCUT2D eigenvalue weighted by Gasteiger charge is 2.30. The van der Waals surface area contributed by atoms with Crippen LogP contribution in [0.25, 0.3) is 0 Å². The SMILES string of the molecule is CC(CNS(=O)(=O)c1cc(CO)oc1Br)N(C)C1CC1.